The SMILES string of the molecule is [CH3-].c1ccc(-c2nc(-n3c4ccccc4c4cc(-c5ccc(-c6ccc7c(c6)c6ccccc6n7-c6ccccc6)cc5)ccc43)nc3ccccc23)cc1. The lowest BCUT2D eigenvalue weighted by Gasteiger charge is -2.12. The van der Waals surface area contributed by atoms with Gasteiger partial charge in [0.25, 0.3) is 0 Å². The molecule has 0 unspecified atom stereocenters. The van der Waals surface area contributed by atoms with Gasteiger partial charge in [0, 0.05) is 38.2 Å². The van der Waals surface area contributed by atoms with Gasteiger partial charge in [0.1, 0.15) is 0 Å². The van der Waals surface area contributed by atoms with Crippen molar-refractivity contribution in [1.82, 2.24) is 19.1 Å². The number of rotatable bonds is 5. The number of hydrogen-bond acceptors (Lipinski definition) is 2. The monoisotopic (exact) mass is 703 g/mol. The number of hydrogen-bond donors (Lipinski definition) is 0. The van der Waals surface area contributed by atoms with Crippen molar-refractivity contribution in [3.8, 4) is 45.1 Å². The van der Waals surface area contributed by atoms with E-state index in [0.29, 0.717) is 5.95 Å². The minimum atomic E-state index is 0. The lowest BCUT2D eigenvalue weighted by Crippen LogP contribution is -2.03. The zero-order valence-corrected chi connectivity index (χ0v) is 30.3. The van der Waals surface area contributed by atoms with Crippen LogP contribution in [0.5, 0.6) is 0 Å². The van der Waals surface area contributed by atoms with E-state index in [1.54, 1.807) is 0 Å². The summed E-state index contributed by atoms with van der Waals surface area (Å²) in [5.41, 5.74) is 13.4. The number of benzene rings is 8. The second-order valence-corrected chi connectivity index (χ2v) is 13.8. The Balaban J connectivity index is 0.00000372. The van der Waals surface area contributed by atoms with Gasteiger partial charge in [-0.15, -0.1) is 0 Å². The summed E-state index contributed by atoms with van der Waals surface area (Å²) in [4.78, 5) is 10.4. The summed E-state index contributed by atoms with van der Waals surface area (Å²) in [5.74, 6) is 0.666. The normalized spacial score (nSPS) is 11.5. The quantitative estimate of drug-likeness (QED) is 0.167. The zero-order chi connectivity index (χ0) is 35.6. The fourth-order valence-corrected chi connectivity index (χ4v) is 8.21. The molecule has 0 aliphatic rings. The van der Waals surface area contributed by atoms with Gasteiger partial charge in [-0.3, -0.25) is 4.57 Å². The molecule has 3 aromatic heterocycles. The molecule has 0 aliphatic carbocycles. The van der Waals surface area contributed by atoms with Crippen molar-refractivity contribution in [3.05, 3.63) is 202 Å². The highest BCUT2D eigenvalue weighted by atomic mass is 15.2. The summed E-state index contributed by atoms with van der Waals surface area (Å²) < 4.78 is 4.57. The Kier molecular flexibility index (Phi) is 7.63. The van der Waals surface area contributed by atoms with Crippen LogP contribution in [-0.2, 0) is 0 Å². The maximum atomic E-state index is 5.24. The molecule has 8 aromatic carbocycles. The fourth-order valence-electron chi connectivity index (χ4n) is 8.21. The van der Waals surface area contributed by atoms with Gasteiger partial charge in [-0.1, -0.05) is 140 Å². The van der Waals surface area contributed by atoms with E-state index in [4.69, 9.17) is 9.97 Å². The molecule has 0 saturated carbocycles. The van der Waals surface area contributed by atoms with Gasteiger partial charge in [0.15, 0.2) is 0 Å². The second kappa shape index (κ2) is 13.0. The van der Waals surface area contributed by atoms with E-state index < -0.39 is 0 Å². The molecule has 11 aromatic rings. The van der Waals surface area contributed by atoms with Gasteiger partial charge in [-0.05, 0) is 76.9 Å². The molecule has 0 atom stereocenters. The van der Waals surface area contributed by atoms with E-state index in [9.17, 15) is 0 Å². The molecule has 0 radical (unpaired) electrons. The molecule has 0 amide bonds. The molecule has 260 valence electrons. The van der Waals surface area contributed by atoms with E-state index in [0.717, 1.165) is 33.2 Å². The van der Waals surface area contributed by atoms with Gasteiger partial charge >= 0.3 is 0 Å². The molecule has 0 spiro atoms. The maximum Gasteiger partial charge on any atom is 0.235 e. The Bertz CT molecular complexity index is 3190. The first-order valence-electron chi connectivity index (χ1n) is 18.3. The van der Waals surface area contributed by atoms with Crippen molar-refractivity contribution in [2.24, 2.45) is 0 Å². The topological polar surface area (TPSA) is 35.6 Å². The average Bonchev–Trinajstić information content (AvgIpc) is 3.76. The number of aromatic nitrogens is 4. The molecule has 0 N–H and O–H groups in total. The molecule has 11 rings (SSSR count). The maximum absolute atomic E-state index is 5.24. The van der Waals surface area contributed by atoms with E-state index in [-0.39, 0.29) is 7.43 Å². The lowest BCUT2D eigenvalue weighted by molar-refractivity contribution is 1.01. The van der Waals surface area contributed by atoms with Crippen LogP contribution < -0.4 is 0 Å². The minimum Gasteiger partial charge on any atom is -0.358 e. The van der Waals surface area contributed by atoms with Gasteiger partial charge in [-0.25, -0.2) is 9.97 Å². The highest BCUT2D eigenvalue weighted by Crippen LogP contribution is 2.38. The summed E-state index contributed by atoms with van der Waals surface area (Å²) in [6.45, 7) is 0. The molecule has 4 nitrogen and oxygen atoms in total. The van der Waals surface area contributed by atoms with Gasteiger partial charge < -0.3 is 12.0 Å². The fraction of sp³-hybridized carbons (Fsp3) is 0. The standard InChI is InChI=1S/C50H32N4.CH3/c1-3-13-35(14-4-1)49-41-19-7-10-20-44(41)51-50(52-49)54-46-22-12-9-18-40(46)43-32-37(28-30-48(43)54)34-25-23-33(24-26-34)36-27-29-47-42(31-36)39-17-8-11-21-45(39)53(47)38-15-5-2-6-16-38;/h1-32H;1H3/q;-1. The Morgan fingerprint density at radius 3 is 1.38 bits per heavy atom. The van der Waals surface area contributed by atoms with E-state index in [1.807, 2.05) is 12.1 Å². The molecule has 0 bridgehead atoms. The number of nitrogens with zero attached hydrogens (tertiary/aromatic N) is 4. The molecular weight excluding hydrogens is 669 g/mol. The van der Waals surface area contributed by atoms with E-state index in [1.165, 1.54) is 60.5 Å². The van der Waals surface area contributed by atoms with Gasteiger partial charge in [0.05, 0.1) is 33.3 Å². The molecule has 0 fully saturated rings. The Hall–Kier alpha value is -7.30. The van der Waals surface area contributed by atoms with Crippen LogP contribution >= 0.6 is 0 Å². The van der Waals surface area contributed by atoms with Gasteiger partial charge in [-0.2, -0.15) is 0 Å². The van der Waals surface area contributed by atoms with Crippen LogP contribution in [-0.4, -0.2) is 19.1 Å². The predicted molar refractivity (Wildman–Crippen MR) is 231 cm³/mol. The summed E-state index contributed by atoms with van der Waals surface area (Å²) in [5, 5.41) is 5.90. The first-order chi connectivity index (χ1) is 26.8. The van der Waals surface area contributed by atoms with Crippen LogP contribution in [0.4, 0.5) is 0 Å². The third-order valence-corrected chi connectivity index (χ3v) is 10.7. The molecular formula is C51H35N4-. The zero-order valence-electron chi connectivity index (χ0n) is 30.3. The Morgan fingerprint density at radius 2 is 0.764 bits per heavy atom. The van der Waals surface area contributed by atoms with Crippen LogP contribution in [0.15, 0.2) is 194 Å². The van der Waals surface area contributed by atoms with Crippen molar-refractivity contribution in [3.63, 3.8) is 0 Å². The third kappa shape index (κ3) is 5.22. The van der Waals surface area contributed by atoms with Crippen LogP contribution in [0, 0.1) is 7.43 Å². The molecule has 0 aliphatic heterocycles. The molecule has 3 heterocycles. The minimum absolute atomic E-state index is 0. The summed E-state index contributed by atoms with van der Waals surface area (Å²) in [7, 11) is 0. The average molecular weight is 704 g/mol. The molecule has 4 heteroatoms. The van der Waals surface area contributed by atoms with Crippen LogP contribution in [0.25, 0.3) is 99.7 Å². The number of fused-ring (bicyclic) bond motifs is 7. The van der Waals surface area contributed by atoms with Crippen LogP contribution in [0.1, 0.15) is 0 Å². The van der Waals surface area contributed by atoms with E-state index >= 15 is 0 Å². The smallest absolute Gasteiger partial charge is 0.235 e. The van der Waals surface area contributed by atoms with Crippen LogP contribution in [0.3, 0.4) is 0 Å². The molecule has 55 heavy (non-hydrogen) atoms. The second-order valence-electron chi connectivity index (χ2n) is 13.8. The van der Waals surface area contributed by atoms with E-state index in [2.05, 4.69) is 191 Å². The highest BCUT2D eigenvalue weighted by molar-refractivity contribution is 6.11. The van der Waals surface area contributed by atoms with Crippen LogP contribution in [0.2, 0.25) is 0 Å². The first kappa shape index (κ1) is 32.4. The van der Waals surface area contributed by atoms with Crippen molar-refractivity contribution < 1.29 is 0 Å². The van der Waals surface area contributed by atoms with Crippen molar-refractivity contribution in [2.75, 3.05) is 0 Å². The summed E-state index contributed by atoms with van der Waals surface area (Å²) >= 11 is 0. The third-order valence-electron chi connectivity index (χ3n) is 10.7. The lowest BCUT2D eigenvalue weighted by atomic mass is 9.98. The summed E-state index contributed by atoms with van der Waals surface area (Å²) in [6.07, 6.45) is 0. The largest absolute Gasteiger partial charge is 0.358 e. The summed E-state index contributed by atoms with van der Waals surface area (Å²) in [6, 6.07) is 69.1. The highest BCUT2D eigenvalue weighted by Gasteiger charge is 2.18. The van der Waals surface area contributed by atoms with Crippen molar-refractivity contribution in [1.29, 1.82) is 0 Å². The predicted octanol–water partition coefficient (Wildman–Crippen LogP) is 13.3. The van der Waals surface area contributed by atoms with Gasteiger partial charge in [0.2, 0.25) is 5.95 Å². The Labute approximate surface area is 319 Å². The molecule has 0 saturated heterocycles. The first-order valence-corrected chi connectivity index (χ1v) is 18.3. The number of para-hydroxylation sites is 4. The van der Waals surface area contributed by atoms with Crippen molar-refractivity contribution in [2.45, 2.75) is 0 Å². The van der Waals surface area contributed by atoms with Crippen molar-refractivity contribution >= 4 is 54.5 Å². The Morgan fingerprint density at radius 1 is 0.309 bits per heavy atom.